The van der Waals surface area contributed by atoms with E-state index >= 15 is 0 Å². The van der Waals surface area contributed by atoms with Gasteiger partial charge in [-0.3, -0.25) is 19.4 Å². The van der Waals surface area contributed by atoms with Crippen molar-refractivity contribution < 1.29 is 19.1 Å². The molecule has 0 unspecified atom stereocenters. The van der Waals surface area contributed by atoms with E-state index < -0.39 is 0 Å². The molecule has 0 atom stereocenters. The number of methoxy groups -OCH3 is 2. The van der Waals surface area contributed by atoms with E-state index in [1.54, 1.807) is 24.0 Å². The third-order valence-corrected chi connectivity index (χ3v) is 8.31. The quantitative estimate of drug-likeness (QED) is 0.114. The number of ether oxygens (including phenoxy) is 2. The van der Waals surface area contributed by atoms with Gasteiger partial charge >= 0.3 is 0 Å². The predicted octanol–water partition coefficient (Wildman–Crippen LogP) is 7.22. The van der Waals surface area contributed by atoms with Crippen LogP contribution >= 0.6 is 0 Å². The van der Waals surface area contributed by atoms with E-state index in [0.717, 1.165) is 59.4 Å². The number of rotatable bonds is 13. The third-order valence-electron chi connectivity index (χ3n) is 8.31. The molecule has 8 nitrogen and oxygen atoms in total. The summed E-state index contributed by atoms with van der Waals surface area (Å²) in [4.78, 5) is 40.2. The molecule has 0 radical (unpaired) electrons. The molecule has 0 aliphatic carbocycles. The Bertz CT molecular complexity index is 1720. The van der Waals surface area contributed by atoms with Gasteiger partial charge in [0.15, 0.2) is 0 Å². The SMILES string of the molecule is COc1ccc(C=C2N=C(c3ccccc3)N(CCCCCCN3C(=O)C(=Cc4ccc(OC)cc4)N=C3c3ccccc3)C2=O)cc1. The van der Waals surface area contributed by atoms with Crippen LogP contribution in [0.15, 0.2) is 131 Å². The summed E-state index contributed by atoms with van der Waals surface area (Å²) < 4.78 is 10.5. The Balaban J connectivity index is 1.08. The van der Waals surface area contributed by atoms with Crippen LogP contribution in [-0.2, 0) is 9.59 Å². The minimum absolute atomic E-state index is 0.104. The molecule has 4 aromatic carbocycles. The standard InChI is InChI=1S/C40H38N4O4/c1-47-33-21-17-29(18-22-33)27-35-39(45)43(37(41-35)31-13-7-5-8-14-31)25-11-3-4-12-26-44-38(32-15-9-6-10-16-32)42-36(40(44)46)28-30-19-23-34(48-2)24-20-30/h5-10,13-24,27-28H,3-4,11-12,25-26H2,1-2H3. The summed E-state index contributed by atoms with van der Waals surface area (Å²) in [6.07, 6.45) is 7.06. The van der Waals surface area contributed by atoms with Crippen LogP contribution in [-0.4, -0.2) is 60.6 Å². The molecule has 2 amide bonds. The number of carbonyl (C=O) groups is 2. The highest BCUT2D eigenvalue weighted by atomic mass is 16.5. The van der Waals surface area contributed by atoms with Gasteiger partial charge in [0.05, 0.1) is 14.2 Å². The molecule has 0 aromatic heterocycles. The van der Waals surface area contributed by atoms with Crippen LogP contribution in [0.1, 0.15) is 47.9 Å². The minimum Gasteiger partial charge on any atom is -0.497 e. The lowest BCUT2D eigenvalue weighted by molar-refractivity contribution is -0.123. The second kappa shape index (κ2) is 15.2. The maximum absolute atomic E-state index is 13.6. The van der Waals surface area contributed by atoms with Crippen molar-refractivity contribution in [3.63, 3.8) is 0 Å². The molecule has 2 heterocycles. The first kappa shape index (κ1) is 32.2. The summed E-state index contributed by atoms with van der Waals surface area (Å²) in [6, 6.07) is 34.8. The van der Waals surface area contributed by atoms with E-state index in [1.165, 1.54) is 0 Å². The van der Waals surface area contributed by atoms with Crippen LogP contribution in [0.2, 0.25) is 0 Å². The second-order valence-corrected chi connectivity index (χ2v) is 11.5. The molecule has 6 rings (SSSR count). The number of carbonyl (C=O) groups excluding carboxylic acids is 2. The maximum atomic E-state index is 13.6. The smallest absolute Gasteiger partial charge is 0.278 e. The fourth-order valence-electron chi connectivity index (χ4n) is 5.74. The molecule has 0 N–H and O–H groups in total. The summed E-state index contributed by atoms with van der Waals surface area (Å²) in [5, 5.41) is 0. The molecule has 0 bridgehead atoms. The molecule has 4 aromatic rings. The first-order valence-corrected chi connectivity index (χ1v) is 16.2. The average molecular weight is 639 g/mol. The number of unbranched alkanes of at least 4 members (excludes halogenated alkanes) is 3. The van der Waals surface area contributed by atoms with Gasteiger partial charge in [-0.1, -0.05) is 97.8 Å². The lowest BCUT2D eigenvalue weighted by Crippen LogP contribution is -2.34. The highest BCUT2D eigenvalue weighted by Crippen LogP contribution is 2.26. The van der Waals surface area contributed by atoms with E-state index in [0.29, 0.717) is 36.2 Å². The molecule has 0 saturated heterocycles. The van der Waals surface area contributed by atoms with Crippen molar-refractivity contribution in [2.45, 2.75) is 25.7 Å². The minimum atomic E-state index is -0.104. The second-order valence-electron chi connectivity index (χ2n) is 11.5. The normalized spacial score (nSPS) is 16.1. The fourth-order valence-corrected chi connectivity index (χ4v) is 5.74. The van der Waals surface area contributed by atoms with E-state index in [1.807, 2.05) is 121 Å². The van der Waals surface area contributed by atoms with Crippen molar-refractivity contribution in [3.05, 3.63) is 143 Å². The van der Waals surface area contributed by atoms with Crippen molar-refractivity contribution in [1.29, 1.82) is 0 Å². The van der Waals surface area contributed by atoms with Crippen molar-refractivity contribution in [2.24, 2.45) is 9.98 Å². The Morgan fingerprint density at radius 2 is 0.896 bits per heavy atom. The van der Waals surface area contributed by atoms with E-state index in [-0.39, 0.29) is 11.8 Å². The van der Waals surface area contributed by atoms with E-state index in [9.17, 15) is 9.59 Å². The molecule has 242 valence electrons. The van der Waals surface area contributed by atoms with Crippen molar-refractivity contribution in [2.75, 3.05) is 27.3 Å². The molecule has 48 heavy (non-hydrogen) atoms. The maximum Gasteiger partial charge on any atom is 0.278 e. The largest absolute Gasteiger partial charge is 0.497 e. The first-order valence-electron chi connectivity index (χ1n) is 16.2. The zero-order valence-electron chi connectivity index (χ0n) is 27.2. The average Bonchev–Trinajstić information content (AvgIpc) is 3.62. The van der Waals surface area contributed by atoms with Crippen LogP contribution in [0.4, 0.5) is 0 Å². The lowest BCUT2D eigenvalue weighted by Gasteiger charge is -2.19. The van der Waals surface area contributed by atoms with Crippen LogP contribution in [0.5, 0.6) is 11.5 Å². The van der Waals surface area contributed by atoms with Gasteiger partial charge in [0.25, 0.3) is 11.8 Å². The van der Waals surface area contributed by atoms with Crippen molar-refractivity contribution >= 4 is 35.6 Å². The van der Waals surface area contributed by atoms with Crippen LogP contribution < -0.4 is 9.47 Å². The van der Waals surface area contributed by atoms with E-state index in [2.05, 4.69) is 0 Å². The summed E-state index contributed by atoms with van der Waals surface area (Å²) in [5.41, 5.74) is 4.41. The molecule has 0 spiro atoms. The molecular weight excluding hydrogens is 600 g/mol. The Kier molecular flexibility index (Phi) is 10.2. The number of nitrogens with zero attached hydrogens (tertiary/aromatic N) is 4. The van der Waals surface area contributed by atoms with Crippen LogP contribution in [0.3, 0.4) is 0 Å². The molecule has 0 fully saturated rings. The summed E-state index contributed by atoms with van der Waals surface area (Å²) in [5.74, 6) is 2.64. The molecular formula is C40H38N4O4. The highest BCUT2D eigenvalue weighted by Gasteiger charge is 2.32. The van der Waals surface area contributed by atoms with Gasteiger partial charge in [0.2, 0.25) is 0 Å². The Morgan fingerprint density at radius 3 is 1.25 bits per heavy atom. The number of aliphatic imine (C=N–C) groups is 2. The van der Waals surface area contributed by atoms with Gasteiger partial charge in [-0.05, 0) is 60.4 Å². The number of hydrogen-bond donors (Lipinski definition) is 0. The fraction of sp³-hybridized carbons (Fsp3) is 0.200. The van der Waals surface area contributed by atoms with Gasteiger partial charge in [0, 0.05) is 24.2 Å². The number of benzene rings is 4. The third kappa shape index (κ3) is 7.44. The summed E-state index contributed by atoms with van der Waals surface area (Å²) in [6.45, 7) is 1.11. The molecule has 0 saturated carbocycles. The molecule has 2 aliphatic heterocycles. The van der Waals surface area contributed by atoms with Gasteiger partial charge in [-0.15, -0.1) is 0 Å². The molecule has 2 aliphatic rings. The van der Waals surface area contributed by atoms with Gasteiger partial charge in [0.1, 0.15) is 34.6 Å². The number of hydrogen-bond acceptors (Lipinski definition) is 6. The Hall–Kier alpha value is -5.76. The predicted molar refractivity (Wildman–Crippen MR) is 190 cm³/mol. The monoisotopic (exact) mass is 638 g/mol. The lowest BCUT2D eigenvalue weighted by atomic mass is 10.1. The topological polar surface area (TPSA) is 83.8 Å². The Labute approximate surface area is 281 Å². The van der Waals surface area contributed by atoms with Crippen molar-refractivity contribution in [3.8, 4) is 11.5 Å². The summed E-state index contributed by atoms with van der Waals surface area (Å²) >= 11 is 0. The van der Waals surface area contributed by atoms with Crippen LogP contribution in [0, 0.1) is 0 Å². The summed E-state index contributed by atoms with van der Waals surface area (Å²) in [7, 11) is 3.26. The van der Waals surface area contributed by atoms with E-state index in [4.69, 9.17) is 19.5 Å². The highest BCUT2D eigenvalue weighted by molar-refractivity contribution is 6.20. The number of amides is 2. The zero-order chi connectivity index (χ0) is 33.3. The van der Waals surface area contributed by atoms with Gasteiger partial charge in [-0.2, -0.15) is 0 Å². The molecule has 8 heteroatoms. The first-order chi connectivity index (χ1) is 23.5. The van der Waals surface area contributed by atoms with Crippen molar-refractivity contribution in [1.82, 2.24) is 9.80 Å². The van der Waals surface area contributed by atoms with Gasteiger partial charge < -0.3 is 9.47 Å². The van der Waals surface area contributed by atoms with Gasteiger partial charge in [-0.25, -0.2) is 9.98 Å². The van der Waals surface area contributed by atoms with Crippen LogP contribution in [0.25, 0.3) is 12.2 Å². The Morgan fingerprint density at radius 1 is 0.521 bits per heavy atom. The number of amidine groups is 2. The zero-order valence-corrected chi connectivity index (χ0v) is 27.2.